The summed E-state index contributed by atoms with van der Waals surface area (Å²) in [6, 6.07) is 3.68. The summed E-state index contributed by atoms with van der Waals surface area (Å²) in [7, 11) is 1.50. The predicted molar refractivity (Wildman–Crippen MR) is 106 cm³/mol. The SMILES string of the molecule is COCCOC(=O)C1=C(NN2CCOCC2)O/C(=C\c2c[nH]c3ncccc23)C1=O. The van der Waals surface area contributed by atoms with Crippen LogP contribution in [0.25, 0.3) is 17.1 Å². The van der Waals surface area contributed by atoms with Crippen molar-refractivity contribution in [2.45, 2.75) is 0 Å². The number of ketones is 1. The van der Waals surface area contributed by atoms with Crippen LogP contribution in [0.3, 0.4) is 0 Å². The van der Waals surface area contributed by atoms with Crippen LogP contribution >= 0.6 is 0 Å². The fourth-order valence-electron chi connectivity index (χ4n) is 3.14. The lowest BCUT2D eigenvalue weighted by Crippen LogP contribution is -2.45. The maximum atomic E-state index is 13.0. The summed E-state index contributed by atoms with van der Waals surface area (Å²) in [5.74, 6) is -1.24. The van der Waals surface area contributed by atoms with Gasteiger partial charge in [0.1, 0.15) is 12.3 Å². The minimum atomic E-state index is -0.767. The molecule has 0 radical (unpaired) electrons. The number of pyridine rings is 1. The number of morpholine rings is 1. The van der Waals surface area contributed by atoms with Crippen molar-refractivity contribution in [3.63, 3.8) is 0 Å². The number of aromatic nitrogens is 2. The first kappa shape index (κ1) is 20.1. The third kappa shape index (κ3) is 4.20. The zero-order chi connectivity index (χ0) is 20.9. The molecule has 1 saturated heterocycles. The number of hydrazine groups is 1. The normalized spacial score (nSPS) is 18.8. The van der Waals surface area contributed by atoms with Crippen molar-refractivity contribution in [2.24, 2.45) is 0 Å². The van der Waals surface area contributed by atoms with Gasteiger partial charge in [0.2, 0.25) is 11.7 Å². The number of fused-ring (bicyclic) bond motifs is 1. The summed E-state index contributed by atoms with van der Waals surface area (Å²) in [5.41, 5.74) is 4.25. The van der Waals surface area contributed by atoms with Gasteiger partial charge in [-0.2, -0.15) is 0 Å². The maximum absolute atomic E-state index is 13.0. The molecule has 0 bridgehead atoms. The summed E-state index contributed by atoms with van der Waals surface area (Å²) < 4.78 is 21.2. The third-order valence-electron chi connectivity index (χ3n) is 4.66. The van der Waals surface area contributed by atoms with Crippen LogP contribution in [0.1, 0.15) is 5.56 Å². The van der Waals surface area contributed by atoms with E-state index in [1.54, 1.807) is 24.5 Å². The number of allylic oxidation sites excluding steroid dienone is 1. The molecule has 2 aliphatic rings. The largest absolute Gasteiger partial charge is 0.459 e. The lowest BCUT2D eigenvalue weighted by Gasteiger charge is -2.27. The van der Waals surface area contributed by atoms with Gasteiger partial charge in [0.05, 0.1) is 19.8 Å². The summed E-state index contributed by atoms with van der Waals surface area (Å²) in [4.78, 5) is 32.9. The zero-order valence-electron chi connectivity index (χ0n) is 16.5. The van der Waals surface area contributed by atoms with E-state index >= 15 is 0 Å². The molecule has 2 aromatic rings. The first-order chi connectivity index (χ1) is 14.7. The number of carbonyl (C=O) groups excluding carboxylic acids is 2. The van der Waals surface area contributed by atoms with Gasteiger partial charge in [-0.15, -0.1) is 0 Å². The Bertz CT molecular complexity index is 1010. The standard InChI is InChI=1S/C20H22N4O6/c1-27-9-10-29-20(26)16-17(25)15(30-19(16)23-24-5-7-28-8-6-24)11-13-12-22-18-14(13)3-2-4-21-18/h2-4,11-12,23H,5-10H2,1H3,(H,21,22)/b15-11-. The summed E-state index contributed by atoms with van der Waals surface area (Å²) in [6.45, 7) is 2.50. The molecule has 2 N–H and O–H groups in total. The van der Waals surface area contributed by atoms with Crippen molar-refractivity contribution in [3.8, 4) is 0 Å². The van der Waals surface area contributed by atoms with E-state index in [0.29, 0.717) is 32.0 Å². The van der Waals surface area contributed by atoms with E-state index in [2.05, 4.69) is 15.4 Å². The summed E-state index contributed by atoms with van der Waals surface area (Å²) in [5, 5.41) is 2.66. The molecule has 10 heteroatoms. The average molecular weight is 414 g/mol. The molecule has 0 spiro atoms. The highest BCUT2D eigenvalue weighted by Gasteiger charge is 2.38. The number of methoxy groups -OCH3 is 1. The number of rotatable bonds is 7. The molecule has 0 unspecified atom stereocenters. The number of hydrogen-bond donors (Lipinski definition) is 2. The molecular formula is C20H22N4O6. The summed E-state index contributed by atoms with van der Waals surface area (Å²) >= 11 is 0. The van der Waals surface area contributed by atoms with E-state index in [1.165, 1.54) is 7.11 Å². The number of esters is 1. The second kappa shape index (κ2) is 9.08. The van der Waals surface area contributed by atoms with E-state index in [9.17, 15) is 9.59 Å². The monoisotopic (exact) mass is 414 g/mol. The van der Waals surface area contributed by atoms with Gasteiger partial charge >= 0.3 is 5.97 Å². The average Bonchev–Trinajstić information content (AvgIpc) is 3.30. The minimum absolute atomic E-state index is 0.0224. The number of nitrogens with one attached hydrogen (secondary N) is 2. The van der Waals surface area contributed by atoms with E-state index in [4.69, 9.17) is 18.9 Å². The lowest BCUT2D eigenvalue weighted by molar-refractivity contribution is -0.141. The van der Waals surface area contributed by atoms with Crippen LogP contribution in [0.4, 0.5) is 0 Å². The summed E-state index contributed by atoms with van der Waals surface area (Å²) in [6.07, 6.45) is 4.98. The zero-order valence-corrected chi connectivity index (χ0v) is 16.5. The fourth-order valence-corrected chi connectivity index (χ4v) is 3.14. The second-order valence-corrected chi connectivity index (χ2v) is 6.63. The van der Waals surface area contributed by atoms with Crippen LogP contribution in [-0.2, 0) is 28.5 Å². The Hall–Kier alpha value is -3.21. The maximum Gasteiger partial charge on any atom is 0.347 e. The van der Waals surface area contributed by atoms with Crippen LogP contribution < -0.4 is 5.43 Å². The van der Waals surface area contributed by atoms with Crippen LogP contribution in [0.5, 0.6) is 0 Å². The first-order valence-electron chi connectivity index (χ1n) is 9.53. The Kier molecular flexibility index (Phi) is 6.07. The molecular weight excluding hydrogens is 392 g/mol. The van der Waals surface area contributed by atoms with Gasteiger partial charge in [-0.3, -0.25) is 10.2 Å². The number of ether oxygens (including phenoxy) is 4. The number of hydrogen-bond acceptors (Lipinski definition) is 9. The second-order valence-electron chi connectivity index (χ2n) is 6.63. The highest BCUT2D eigenvalue weighted by atomic mass is 16.6. The topological polar surface area (TPSA) is 115 Å². The van der Waals surface area contributed by atoms with Crippen molar-refractivity contribution in [2.75, 3.05) is 46.6 Å². The number of carbonyl (C=O) groups is 2. The van der Waals surface area contributed by atoms with Crippen LogP contribution in [0.15, 0.2) is 41.7 Å². The van der Waals surface area contributed by atoms with Crippen LogP contribution in [0, 0.1) is 0 Å². The fraction of sp³-hybridized carbons (Fsp3) is 0.350. The molecule has 0 saturated carbocycles. The van der Waals surface area contributed by atoms with Crippen molar-refractivity contribution < 1.29 is 28.5 Å². The molecule has 2 aliphatic heterocycles. The third-order valence-corrected chi connectivity index (χ3v) is 4.66. The quantitative estimate of drug-likeness (QED) is 0.293. The number of nitrogens with zero attached hydrogens (tertiary/aromatic N) is 2. The van der Waals surface area contributed by atoms with Crippen LogP contribution in [0.2, 0.25) is 0 Å². The number of Topliss-reactive ketones (excluding diaryl/α,β-unsaturated/α-hetero) is 1. The van der Waals surface area contributed by atoms with Crippen molar-refractivity contribution in [1.29, 1.82) is 0 Å². The highest BCUT2D eigenvalue weighted by Crippen LogP contribution is 2.28. The molecule has 4 heterocycles. The molecule has 158 valence electrons. The minimum Gasteiger partial charge on any atom is -0.459 e. The molecule has 30 heavy (non-hydrogen) atoms. The first-order valence-corrected chi connectivity index (χ1v) is 9.53. The van der Waals surface area contributed by atoms with E-state index in [1.807, 2.05) is 11.1 Å². The van der Waals surface area contributed by atoms with Gasteiger partial charge in [-0.1, -0.05) is 0 Å². The van der Waals surface area contributed by atoms with Crippen molar-refractivity contribution >= 4 is 28.9 Å². The van der Waals surface area contributed by atoms with Gasteiger partial charge < -0.3 is 23.9 Å². The molecule has 2 aromatic heterocycles. The smallest absolute Gasteiger partial charge is 0.347 e. The molecule has 0 aromatic carbocycles. The van der Waals surface area contributed by atoms with E-state index in [-0.39, 0.29) is 30.4 Å². The lowest BCUT2D eigenvalue weighted by atomic mass is 10.1. The highest BCUT2D eigenvalue weighted by molar-refractivity contribution is 6.26. The molecule has 4 rings (SSSR count). The van der Waals surface area contributed by atoms with E-state index in [0.717, 1.165) is 10.9 Å². The molecule has 1 fully saturated rings. The number of H-pyrrole nitrogens is 1. The Morgan fingerprint density at radius 1 is 1.37 bits per heavy atom. The van der Waals surface area contributed by atoms with Gasteiger partial charge in [-0.05, 0) is 18.2 Å². The Labute approximate surface area is 172 Å². The predicted octanol–water partition coefficient (Wildman–Crippen LogP) is 0.741. The van der Waals surface area contributed by atoms with E-state index < -0.39 is 11.8 Å². The molecule has 0 aliphatic carbocycles. The van der Waals surface area contributed by atoms with Gasteiger partial charge in [0.15, 0.2) is 11.3 Å². The van der Waals surface area contributed by atoms with Gasteiger partial charge in [0.25, 0.3) is 0 Å². The molecule has 0 amide bonds. The molecule has 10 nitrogen and oxygen atoms in total. The Morgan fingerprint density at radius 3 is 3.00 bits per heavy atom. The van der Waals surface area contributed by atoms with Crippen molar-refractivity contribution in [1.82, 2.24) is 20.4 Å². The van der Waals surface area contributed by atoms with Crippen LogP contribution in [-0.4, -0.2) is 73.4 Å². The van der Waals surface area contributed by atoms with Crippen molar-refractivity contribution in [3.05, 3.63) is 47.3 Å². The number of aromatic amines is 1. The van der Waals surface area contributed by atoms with Gasteiger partial charge in [-0.25, -0.2) is 14.8 Å². The Balaban J connectivity index is 1.60. The Morgan fingerprint density at radius 2 is 2.20 bits per heavy atom. The van der Waals surface area contributed by atoms with Gasteiger partial charge in [0, 0.05) is 43.5 Å². The molecule has 0 atom stereocenters.